The summed E-state index contributed by atoms with van der Waals surface area (Å²) in [6.45, 7) is 1.31. The Balaban J connectivity index is 1.90. The number of nitrogens with one attached hydrogen (secondary N) is 2. The van der Waals surface area contributed by atoms with Gasteiger partial charge in [-0.15, -0.1) is 0 Å². The van der Waals surface area contributed by atoms with E-state index in [1.165, 1.54) is 55.6 Å². The zero-order valence-electron chi connectivity index (χ0n) is 18.1. The highest BCUT2D eigenvalue weighted by Gasteiger charge is 2.13. The molecule has 1 aromatic carbocycles. The lowest BCUT2D eigenvalue weighted by Crippen LogP contribution is -2.43. The van der Waals surface area contributed by atoms with Crippen LogP contribution in [0.2, 0.25) is 0 Å². The lowest BCUT2D eigenvalue weighted by Gasteiger charge is -2.21. The van der Waals surface area contributed by atoms with Gasteiger partial charge >= 0.3 is 0 Å². The fourth-order valence-corrected chi connectivity index (χ4v) is 4.04. The number of aliphatic imine (C=N–C) groups is 1. The van der Waals surface area contributed by atoms with Gasteiger partial charge in [0.2, 0.25) is 15.9 Å². The highest BCUT2D eigenvalue weighted by molar-refractivity contribution is 7.89. The van der Waals surface area contributed by atoms with Gasteiger partial charge in [-0.1, -0.05) is 44.2 Å². The summed E-state index contributed by atoms with van der Waals surface area (Å²) in [6, 6.07) is 6.32. The zero-order valence-corrected chi connectivity index (χ0v) is 18.9. The molecule has 168 valence electrons. The van der Waals surface area contributed by atoms with E-state index in [0.717, 1.165) is 24.4 Å². The second-order valence-electron chi connectivity index (χ2n) is 8.07. The molecule has 30 heavy (non-hydrogen) atoms. The average Bonchev–Trinajstić information content (AvgIpc) is 2.72. The number of primary sulfonamides is 1. The molecule has 0 saturated heterocycles. The molecular weight excluding hydrogens is 402 g/mol. The summed E-state index contributed by atoms with van der Waals surface area (Å²) < 4.78 is 22.7. The first-order valence-corrected chi connectivity index (χ1v) is 12.1. The van der Waals surface area contributed by atoms with Crippen LogP contribution in [0.5, 0.6) is 0 Å². The van der Waals surface area contributed by atoms with Crippen LogP contribution in [0.25, 0.3) is 0 Å². The molecule has 8 nitrogen and oxygen atoms in total. The number of amides is 1. The monoisotopic (exact) mass is 437 g/mol. The summed E-state index contributed by atoms with van der Waals surface area (Å²) in [6.07, 6.45) is 9.03. The third-order valence-electron chi connectivity index (χ3n) is 5.38. The summed E-state index contributed by atoms with van der Waals surface area (Å²) in [4.78, 5) is 18.0. The third kappa shape index (κ3) is 8.71. The molecule has 0 aromatic heterocycles. The normalized spacial score (nSPS) is 15.6. The van der Waals surface area contributed by atoms with Gasteiger partial charge in [-0.25, -0.2) is 18.5 Å². The van der Waals surface area contributed by atoms with Gasteiger partial charge in [0, 0.05) is 20.6 Å². The molecule has 1 fully saturated rings. The van der Waals surface area contributed by atoms with Gasteiger partial charge in [0.25, 0.3) is 0 Å². The standard InChI is InChI=1S/C21H35N5O3S/c1-26(2)20(27)16-25-21(23-14-6-9-17-7-4-3-5-8-17)24-15-18-10-12-19(13-11-18)30(22,28)29/h10-13,17H,3-9,14-16H2,1-2H3,(H2,22,28,29)(H2,23,24,25). The van der Waals surface area contributed by atoms with E-state index in [1.807, 2.05) is 0 Å². The lowest BCUT2D eigenvalue weighted by molar-refractivity contribution is -0.127. The fourth-order valence-electron chi connectivity index (χ4n) is 3.52. The molecule has 0 radical (unpaired) electrons. The van der Waals surface area contributed by atoms with Gasteiger partial charge in [0.1, 0.15) is 0 Å². The van der Waals surface area contributed by atoms with Crippen LogP contribution in [-0.4, -0.2) is 52.4 Å². The first kappa shape index (κ1) is 24.1. The number of rotatable bonds is 9. The quantitative estimate of drug-likeness (QED) is 0.309. The van der Waals surface area contributed by atoms with Crippen LogP contribution >= 0.6 is 0 Å². The van der Waals surface area contributed by atoms with Crippen LogP contribution in [0.15, 0.2) is 34.2 Å². The molecule has 1 saturated carbocycles. The molecule has 4 N–H and O–H groups in total. The molecule has 1 amide bonds. The number of carbonyl (C=O) groups is 1. The van der Waals surface area contributed by atoms with Gasteiger partial charge in [-0.05, 0) is 36.5 Å². The Labute approximate surface area is 180 Å². The van der Waals surface area contributed by atoms with Crippen molar-refractivity contribution in [2.24, 2.45) is 16.0 Å². The van der Waals surface area contributed by atoms with Gasteiger partial charge in [0.05, 0.1) is 18.0 Å². The largest absolute Gasteiger partial charge is 0.356 e. The van der Waals surface area contributed by atoms with Gasteiger partial charge in [-0.3, -0.25) is 4.79 Å². The fraction of sp³-hybridized carbons (Fsp3) is 0.619. The average molecular weight is 438 g/mol. The molecule has 0 unspecified atom stereocenters. The predicted octanol–water partition coefficient (Wildman–Crippen LogP) is 1.82. The van der Waals surface area contributed by atoms with Crippen LogP contribution < -0.4 is 15.8 Å². The predicted molar refractivity (Wildman–Crippen MR) is 119 cm³/mol. The Kier molecular flexibility index (Phi) is 9.58. The van der Waals surface area contributed by atoms with Crippen molar-refractivity contribution in [3.8, 4) is 0 Å². The first-order valence-electron chi connectivity index (χ1n) is 10.6. The molecule has 1 aliphatic rings. The van der Waals surface area contributed by atoms with E-state index < -0.39 is 10.0 Å². The van der Waals surface area contributed by atoms with Crippen LogP contribution in [0.1, 0.15) is 50.5 Å². The molecule has 0 spiro atoms. The number of guanidine groups is 1. The molecule has 1 aromatic rings. The number of nitrogens with zero attached hydrogens (tertiary/aromatic N) is 2. The number of benzene rings is 1. The van der Waals surface area contributed by atoms with Crippen molar-refractivity contribution in [2.75, 3.05) is 27.2 Å². The van der Waals surface area contributed by atoms with Crippen LogP contribution in [0.3, 0.4) is 0 Å². The minimum Gasteiger partial charge on any atom is -0.356 e. The zero-order chi connectivity index (χ0) is 22.0. The van der Waals surface area contributed by atoms with Crippen LogP contribution in [-0.2, 0) is 21.4 Å². The minimum absolute atomic E-state index is 0.0378. The Hall–Kier alpha value is -2.13. The SMILES string of the molecule is CN(C)C(=O)CNC(=NCc1ccc(S(N)(=O)=O)cc1)NCCCC1CCCCC1. The van der Waals surface area contributed by atoms with Crippen molar-refractivity contribution in [1.29, 1.82) is 0 Å². The highest BCUT2D eigenvalue weighted by Crippen LogP contribution is 2.26. The Morgan fingerprint density at radius 1 is 1.13 bits per heavy atom. The summed E-state index contributed by atoms with van der Waals surface area (Å²) >= 11 is 0. The van der Waals surface area contributed by atoms with E-state index in [2.05, 4.69) is 15.6 Å². The number of hydrogen-bond donors (Lipinski definition) is 3. The van der Waals surface area contributed by atoms with E-state index in [-0.39, 0.29) is 17.3 Å². The molecule has 0 aliphatic heterocycles. The van der Waals surface area contributed by atoms with Crippen LogP contribution in [0, 0.1) is 5.92 Å². The maximum Gasteiger partial charge on any atom is 0.241 e. The third-order valence-corrected chi connectivity index (χ3v) is 6.31. The first-order chi connectivity index (χ1) is 14.3. The summed E-state index contributed by atoms with van der Waals surface area (Å²) in [5.41, 5.74) is 0.852. The maximum absolute atomic E-state index is 11.9. The topological polar surface area (TPSA) is 117 Å². The molecule has 1 aliphatic carbocycles. The smallest absolute Gasteiger partial charge is 0.241 e. The van der Waals surface area contributed by atoms with Gasteiger partial charge < -0.3 is 15.5 Å². The second kappa shape index (κ2) is 11.9. The number of hydrogen-bond acceptors (Lipinski definition) is 4. The Bertz CT molecular complexity index is 800. The summed E-state index contributed by atoms with van der Waals surface area (Å²) in [7, 11) is -0.277. The maximum atomic E-state index is 11.9. The van der Waals surface area contributed by atoms with E-state index >= 15 is 0 Å². The number of sulfonamides is 1. The van der Waals surface area contributed by atoms with Crippen molar-refractivity contribution < 1.29 is 13.2 Å². The Morgan fingerprint density at radius 2 is 1.80 bits per heavy atom. The van der Waals surface area contributed by atoms with E-state index in [4.69, 9.17) is 5.14 Å². The number of likely N-dealkylation sites (N-methyl/N-ethyl adjacent to an activating group) is 1. The highest BCUT2D eigenvalue weighted by atomic mass is 32.2. The lowest BCUT2D eigenvalue weighted by atomic mass is 9.86. The van der Waals surface area contributed by atoms with Crippen molar-refractivity contribution in [2.45, 2.75) is 56.4 Å². The van der Waals surface area contributed by atoms with E-state index in [1.54, 1.807) is 26.2 Å². The van der Waals surface area contributed by atoms with Crippen molar-refractivity contribution in [1.82, 2.24) is 15.5 Å². The molecule has 9 heteroatoms. The number of nitrogens with two attached hydrogens (primary N) is 1. The summed E-state index contributed by atoms with van der Waals surface area (Å²) in [5.74, 6) is 1.37. The molecule has 0 bridgehead atoms. The minimum atomic E-state index is -3.70. The molecule has 2 rings (SSSR count). The number of carbonyl (C=O) groups excluding carboxylic acids is 1. The van der Waals surface area contributed by atoms with Crippen molar-refractivity contribution in [3.05, 3.63) is 29.8 Å². The second-order valence-corrected chi connectivity index (χ2v) is 9.63. The molecule has 0 heterocycles. The Morgan fingerprint density at radius 3 is 2.40 bits per heavy atom. The molecular formula is C21H35N5O3S. The van der Waals surface area contributed by atoms with E-state index in [9.17, 15) is 13.2 Å². The van der Waals surface area contributed by atoms with Crippen molar-refractivity contribution in [3.63, 3.8) is 0 Å². The summed E-state index contributed by atoms with van der Waals surface area (Å²) in [5, 5.41) is 11.5. The molecule has 0 atom stereocenters. The van der Waals surface area contributed by atoms with Crippen LogP contribution in [0.4, 0.5) is 0 Å². The van der Waals surface area contributed by atoms with E-state index in [0.29, 0.717) is 12.5 Å². The van der Waals surface area contributed by atoms with Crippen molar-refractivity contribution >= 4 is 21.9 Å². The van der Waals surface area contributed by atoms with Gasteiger partial charge in [-0.2, -0.15) is 0 Å². The van der Waals surface area contributed by atoms with Gasteiger partial charge in [0.15, 0.2) is 5.96 Å².